The van der Waals surface area contributed by atoms with Gasteiger partial charge < -0.3 is 25.2 Å². The van der Waals surface area contributed by atoms with Gasteiger partial charge in [0.1, 0.15) is 12.1 Å². The number of hydrogen-bond acceptors (Lipinski definition) is 7. The van der Waals surface area contributed by atoms with E-state index in [9.17, 15) is 14.4 Å². The van der Waals surface area contributed by atoms with Crippen LogP contribution in [0.3, 0.4) is 0 Å². The summed E-state index contributed by atoms with van der Waals surface area (Å²) in [4.78, 5) is 49.8. The lowest BCUT2D eigenvalue weighted by molar-refractivity contribution is 0.0827. The number of urea groups is 1. The van der Waals surface area contributed by atoms with Gasteiger partial charge in [-0.05, 0) is 77.9 Å². The number of nitrogens with one attached hydrogen (secondary N) is 2. The zero-order valence-electron chi connectivity index (χ0n) is 25.0. The number of aromatic nitrogens is 2. The summed E-state index contributed by atoms with van der Waals surface area (Å²) in [6.45, 7) is 2.69. The summed E-state index contributed by atoms with van der Waals surface area (Å²) in [6, 6.07) is 27.2. The molecule has 1 aliphatic heterocycles. The highest BCUT2D eigenvalue weighted by atomic mass is 16.5. The monoisotopic (exact) mass is 600 g/mol. The van der Waals surface area contributed by atoms with Crippen molar-refractivity contribution >= 4 is 46.3 Å². The number of morpholine rings is 1. The van der Waals surface area contributed by atoms with E-state index in [4.69, 9.17) is 14.7 Å². The van der Waals surface area contributed by atoms with Crippen LogP contribution in [-0.4, -0.2) is 73.5 Å². The van der Waals surface area contributed by atoms with Gasteiger partial charge in [0.15, 0.2) is 5.82 Å². The highest BCUT2D eigenvalue weighted by Crippen LogP contribution is 2.32. The van der Waals surface area contributed by atoms with E-state index < -0.39 is 6.03 Å². The fraction of sp³-hybridized carbons (Fsp3) is 0.171. The number of anilines is 3. The predicted octanol–water partition coefficient (Wildman–Crippen LogP) is 5.96. The van der Waals surface area contributed by atoms with Crippen molar-refractivity contribution in [1.29, 1.82) is 0 Å². The highest BCUT2D eigenvalue weighted by Gasteiger charge is 2.19. The third-order valence-corrected chi connectivity index (χ3v) is 7.54. The topological polar surface area (TPSA) is 117 Å². The van der Waals surface area contributed by atoms with Crippen LogP contribution in [0.2, 0.25) is 0 Å². The van der Waals surface area contributed by atoms with Crippen molar-refractivity contribution in [2.75, 3.05) is 55.9 Å². The molecule has 10 heteroatoms. The summed E-state index contributed by atoms with van der Waals surface area (Å²) in [5.74, 6) is 1.29. The largest absolute Gasteiger partial charge is 0.378 e. The van der Waals surface area contributed by atoms with Crippen molar-refractivity contribution < 1.29 is 19.1 Å². The minimum Gasteiger partial charge on any atom is -0.378 e. The number of aldehydes is 1. The van der Waals surface area contributed by atoms with Crippen LogP contribution in [-0.2, 0) is 4.74 Å². The molecule has 1 aliphatic rings. The number of amides is 3. The van der Waals surface area contributed by atoms with Crippen LogP contribution in [0.25, 0.3) is 33.4 Å². The summed E-state index contributed by atoms with van der Waals surface area (Å²) < 4.78 is 5.58. The van der Waals surface area contributed by atoms with Gasteiger partial charge in [0, 0.05) is 60.6 Å². The maximum Gasteiger partial charge on any atom is 0.323 e. The summed E-state index contributed by atoms with van der Waals surface area (Å²) in [7, 11) is 3.38. The molecule has 1 aromatic heterocycles. The standard InChI is InChI=1S/C35H32N6O4/c1-40(2)34(43)25-8-13-29(14-9-25)37-35(44)36-28-11-6-24(7-12-28)32-38-31-21-27(26-5-3-4-23(20-26)22-42)10-15-30(31)33(39-32)41-16-18-45-19-17-41/h3-15,20-22H,16-19H2,1-2H3,(H2,36,37,44). The molecule has 0 spiro atoms. The Hall–Kier alpha value is -5.61. The van der Waals surface area contributed by atoms with Crippen molar-refractivity contribution in [1.82, 2.24) is 14.9 Å². The Bertz CT molecular complexity index is 1870. The summed E-state index contributed by atoms with van der Waals surface area (Å²) in [5.41, 5.74) is 5.79. The minimum absolute atomic E-state index is 0.108. The van der Waals surface area contributed by atoms with Crippen molar-refractivity contribution in [3.05, 3.63) is 102 Å². The van der Waals surface area contributed by atoms with Gasteiger partial charge in [-0.25, -0.2) is 14.8 Å². The molecule has 2 N–H and O–H groups in total. The average Bonchev–Trinajstić information content (AvgIpc) is 3.08. The molecule has 0 unspecified atom stereocenters. The summed E-state index contributed by atoms with van der Waals surface area (Å²) in [5, 5.41) is 6.56. The van der Waals surface area contributed by atoms with Crippen molar-refractivity contribution in [2.24, 2.45) is 0 Å². The Morgan fingerprint density at radius 3 is 2.11 bits per heavy atom. The number of hydrogen-bond donors (Lipinski definition) is 2. The summed E-state index contributed by atoms with van der Waals surface area (Å²) in [6.07, 6.45) is 0.844. The molecule has 2 heterocycles. The molecule has 0 aliphatic carbocycles. The Labute approximate surface area is 260 Å². The molecule has 0 atom stereocenters. The number of fused-ring (bicyclic) bond motifs is 1. The average molecular weight is 601 g/mol. The molecule has 226 valence electrons. The molecule has 4 aromatic carbocycles. The van der Waals surface area contributed by atoms with Gasteiger partial charge in [0.05, 0.1) is 18.7 Å². The molecule has 1 saturated heterocycles. The first-order valence-electron chi connectivity index (χ1n) is 14.6. The fourth-order valence-corrected chi connectivity index (χ4v) is 5.18. The van der Waals surface area contributed by atoms with Crippen LogP contribution in [0.5, 0.6) is 0 Å². The van der Waals surface area contributed by atoms with Crippen LogP contribution in [0.4, 0.5) is 22.0 Å². The first-order valence-corrected chi connectivity index (χ1v) is 14.6. The predicted molar refractivity (Wildman–Crippen MR) is 176 cm³/mol. The third kappa shape index (κ3) is 6.66. The number of ether oxygens (including phenoxy) is 1. The van der Waals surface area contributed by atoms with E-state index in [1.165, 1.54) is 4.90 Å². The number of rotatable bonds is 7. The van der Waals surface area contributed by atoms with Gasteiger partial charge in [0.2, 0.25) is 0 Å². The molecule has 1 fully saturated rings. The Balaban J connectivity index is 1.25. The molecule has 0 saturated carbocycles. The van der Waals surface area contributed by atoms with Gasteiger partial charge in [0.25, 0.3) is 5.91 Å². The summed E-state index contributed by atoms with van der Waals surface area (Å²) >= 11 is 0. The fourth-order valence-electron chi connectivity index (χ4n) is 5.18. The SMILES string of the molecule is CN(C)C(=O)c1ccc(NC(=O)Nc2ccc(-c3nc(N4CCOCC4)c4ccc(-c5cccc(C=O)c5)cc4n3)cc2)cc1. The number of benzene rings is 4. The molecular weight excluding hydrogens is 568 g/mol. The van der Waals surface area contributed by atoms with Crippen LogP contribution in [0.1, 0.15) is 20.7 Å². The van der Waals surface area contributed by atoms with E-state index in [0.29, 0.717) is 41.5 Å². The van der Waals surface area contributed by atoms with E-state index in [1.807, 2.05) is 48.5 Å². The molecule has 3 amide bonds. The lowest BCUT2D eigenvalue weighted by Gasteiger charge is -2.29. The molecule has 0 bridgehead atoms. The lowest BCUT2D eigenvalue weighted by Crippen LogP contribution is -2.37. The van der Waals surface area contributed by atoms with Crippen molar-refractivity contribution in [3.63, 3.8) is 0 Å². The van der Waals surface area contributed by atoms with Gasteiger partial charge >= 0.3 is 6.03 Å². The van der Waals surface area contributed by atoms with Gasteiger partial charge in [-0.15, -0.1) is 0 Å². The zero-order valence-corrected chi connectivity index (χ0v) is 25.0. The second-order valence-corrected chi connectivity index (χ2v) is 10.9. The van der Waals surface area contributed by atoms with E-state index in [0.717, 1.165) is 52.8 Å². The van der Waals surface area contributed by atoms with Crippen LogP contribution in [0.15, 0.2) is 91.0 Å². The van der Waals surface area contributed by atoms with E-state index in [1.54, 1.807) is 56.6 Å². The molecular formula is C35H32N6O4. The van der Waals surface area contributed by atoms with Crippen LogP contribution >= 0.6 is 0 Å². The maximum absolute atomic E-state index is 12.7. The highest BCUT2D eigenvalue weighted by molar-refractivity contribution is 6.01. The van der Waals surface area contributed by atoms with Crippen molar-refractivity contribution in [2.45, 2.75) is 0 Å². The molecule has 45 heavy (non-hydrogen) atoms. The lowest BCUT2D eigenvalue weighted by atomic mass is 10.0. The van der Waals surface area contributed by atoms with Crippen LogP contribution in [0, 0.1) is 0 Å². The normalized spacial score (nSPS) is 12.9. The van der Waals surface area contributed by atoms with Gasteiger partial charge in [-0.1, -0.05) is 24.3 Å². The molecule has 10 nitrogen and oxygen atoms in total. The second kappa shape index (κ2) is 12.9. The van der Waals surface area contributed by atoms with Crippen LogP contribution < -0.4 is 15.5 Å². The van der Waals surface area contributed by atoms with E-state index in [2.05, 4.69) is 15.5 Å². The smallest absolute Gasteiger partial charge is 0.323 e. The first kappa shape index (κ1) is 29.5. The second-order valence-electron chi connectivity index (χ2n) is 10.9. The third-order valence-electron chi connectivity index (χ3n) is 7.54. The van der Waals surface area contributed by atoms with Gasteiger partial charge in [-0.2, -0.15) is 0 Å². The maximum atomic E-state index is 12.7. The zero-order chi connectivity index (χ0) is 31.3. The minimum atomic E-state index is -0.405. The quantitative estimate of drug-likeness (QED) is 0.222. The number of carbonyl (C=O) groups excluding carboxylic acids is 3. The molecule has 0 radical (unpaired) electrons. The number of carbonyl (C=O) groups is 3. The van der Waals surface area contributed by atoms with Crippen molar-refractivity contribution in [3.8, 4) is 22.5 Å². The first-order chi connectivity index (χ1) is 21.9. The molecule has 6 rings (SSSR count). The van der Waals surface area contributed by atoms with E-state index >= 15 is 0 Å². The Morgan fingerprint density at radius 1 is 0.800 bits per heavy atom. The number of nitrogens with zero attached hydrogens (tertiary/aromatic N) is 4. The Kier molecular flexibility index (Phi) is 8.47. The molecule has 5 aromatic rings. The Morgan fingerprint density at radius 2 is 1.44 bits per heavy atom. The van der Waals surface area contributed by atoms with E-state index in [-0.39, 0.29) is 5.91 Å². The van der Waals surface area contributed by atoms with Gasteiger partial charge in [-0.3, -0.25) is 9.59 Å².